The Labute approximate surface area is 105 Å². The number of nitrogens with zero attached hydrogens (tertiary/aromatic N) is 1. The van der Waals surface area contributed by atoms with Crippen molar-refractivity contribution in [1.29, 1.82) is 0 Å². The van der Waals surface area contributed by atoms with Crippen LogP contribution in [0, 0.1) is 0 Å². The number of likely N-dealkylation sites (N-methyl/N-ethyl adjacent to an activating group) is 1. The number of amides is 2. The molecule has 4 nitrogen and oxygen atoms in total. The molecule has 1 aliphatic heterocycles. The SMILES string of the molecule is CCN1C(=O)C(NC(C)=O)c2cccc(Cl)c21. The number of carbonyl (C=O) groups excluding carboxylic acids is 2. The molecule has 17 heavy (non-hydrogen) atoms. The quantitative estimate of drug-likeness (QED) is 0.874. The van der Waals surface area contributed by atoms with Crippen LogP contribution in [0.3, 0.4) is 0 Å². The summed E-state index contributed by atoms with van der Waals surface area (Å²) >= 11 is 6.10. The van der Waals surface area contributed by atoms with Gasteiger partial charge in [-0.25, -0.2) is 0 Å². The second-order valence-electron chi connectivity index (χ2n) is 3.89. The van der Waals surface area contributed by atoms with E-state index in [1.807, 2.05) is 13.0 Å². The van der Waals surface area contributed by atoms with E-state index in [-0.39, 0.29) is 11.8 Å². The van der Waals surface area contributed by atoms with E-state index in [1.165, 1.54) is 6.92 Å². The Balaban J connectivity index is 2.50. The number of rotatable bonds is 2. The number of hydrogen-bond acceptors (Lipinski definition) is 2. The highest BCUT2D eigenvalue weighted by Gasteiger charge is 2.38. The van der Waals surface area contributed by atoms with E-state index in [2.05, 4.69) is 5.32 Å². The van der Waals surface area contributed by atoms with Crippen LogP contribution >= 0.6 is 11.6 Å². The third-order valence-corrected chi connectivity index (χ3v) is 3.08. The van der Waals surface area contributed by atoms with Gasteiger partial charge in [-0.2, -0.15) is 0 Å². The first-order valence-electron chi connectivity index (χ1n) is 5.43. The maximum Gasteiger partial charge on any atom is 0.254 e. The molecule has 1 atom stereocenters. The van der Waals surface area contributed by atoms with Crippen molar-refractivity contribution in [2.24, 2.45) is 0 Å². The molecule has 1 N–H and O–H groups in total. The predicted octanol–water partition coefficient (Wildman–Crippen LogP) is 1.88. The fourth-order valence-electron chi connectivity index (χ4n) is 2.11. The van der Waals surface area contributed by atoms with Crippen LogP contribution in [0.25, 0.3) is 0 Å². The van der Waals surface area contributed by atoms with Gasteiger partial charge in [-0.05, 0) is 13.0 Å². The predicted molar refractivity (Wildman–Crippen MR) is 66.0 cm³/mol. The van der Waals surface area contributed by atoms with Gasteiger partial charge in [-0.15, -0.1) is 0 Å². The number of halogens is 1. The summed E-state index contributed by atoms with van der Waals surface area (Å²) in [5.41, 5.74) is 1.47. The lowest BCUT2D eigenvalue weighted by Gasteiger charge is -2.16. The van der Waals surface area contributed by atoms with Gasteiger partial charge >= 0.3 is 0 Å². The van der Waals surface area contributed by atoms with Crippen molar-refractivity contribution in [3.8, 4) is 0 Å². The number of hydrogen-bond donors (Lipinski definition) is 1. The molecule has 0 aliphatic carbocycles. The minimum Gasteiger partial charge on any atom is -0.341 e. The Hall–Kier alpha value is -1.55. The highest BCUT2D eigenvalue weighted by atomic mass is 35.5. The number of anilines is 1. The molecule has 0 fully saturated rings. The van der Waals surface area contributed by atoms with Crippen LogP contribution in [0.4, 0.5) is 5.69 Å². The minimum absolute atomic E-state index is 0.134. The van der Waals surface area contributed by atoms with Gasteiger partial charge in [0, 0.05) is 19.0 Å². The number of carbonyl (C=O) groups is 2. The third kappa shape index (κ3) is 1.89. The lowest BCUT2D eigenvalue weighted by Crippen LogP contribution is -2.36. The lowest BCUT2D eigenvalue weighted by molar-refractivity contribution is -0.126. The molecule has 5 heteroatoms. The molecule has 90 valence electrons. The molecular formula is C12H13ClN2O2. The average molecular weight is 253 g/mol. The molecule has 1 unspecified atom stereocenters. The maximum absolute atomic E-state index is 12.1. The molecule has 1 heterocycles. The van der Waals surface area contributed by atoms with Crippen molar-refractivity contribution >= 4 is 29.1 Å². The second-order valence-corrected chi connectivity index (χ2v) is 4.30. The zero-order valence-corrected chi connectivity index (χ0v) is 10.4. The largest absolute Gasteiger partial charge is 0.341 e. The van der Waals surface area contributed by atoms with Gasteiger partial charge < -0.3 is 10.2 Å². The molecule has 0 aromatic heterocycles. The van der Waals surface area contributed by atoms with Crippen LogP contribution in [0.2, 0.25) is 5.02 Å². The number of fused-ring (bicyclic) bond motifs is 1. The van der Waals surface area contributed by atoms with E-state index in [0.717, 1.165) is 5.56 Å². The van der Waals surface area contributed by atoms with Crippen LogP contribution in [-0.4, -0.2) is 18.4 Å². The van der Waals surface area contributed by atoms with Crippen LogP contribution in [0.1, 0.15) is 25.5 Å². The van der Waals surface area contributed by atoms with Crippen LogP contribution in [0.5, 0.6) is 0 Å². The zero-order chi connectivity index (χ0) is 12.6. The Kier molecular flexibility index (Phi) is 3.07. The number of para-hydroxylation sites is 1. The molecule has 0 bridgehead atoms. The topological polar surface area (TPSA) is 49.4 Å². The van der Waals surface area contributed by atoms with E-state index >= 15 is 0 Å². The normalized spacial score (nSPS) is 18.2. The first-order chi connectivity index (χ1) is 8.06. The molecule has 1 aromatic carbocycles. The summed E-state index contributed by atoms with van der Waals surface area (Å²) in [6, 6.07) is 4.73. The molecular weight excluding hydrogens is 240 g/mol. The Morgan fingerprint density at radius 3 is 2.82 bits per heavy atom. The van der Waals surface area contributed by atoms with Crippen LogP contribution in [-0.2, 0) is 9.59 Å². The fraction of sp³-hybridized carbons (Fsp3) is 0.333. The molecule has 0 spiro atoms. The summed E-state index contributed by atoms with van der Waals surface area (Å²) in [6.45, 7) is 3.80. The summed E-state index contributed by atoms with van der Waals surface area (Å²) in [5, 5.41) is 3.18. The summed E-state index contributed by atoms with van der Waals surface area (Å²) in [6.07, 6.45) is 0. The Morgan fingerprint density at radius 1 is 1.53 bits per heavy atom. The summed E-state index contributed by atoms with van der Waals surface area (Å²) in [7, 11) is 0. The van der Waals surface area contributed by atoms with Crippen molar-refractivity contribution in [2.75, 3.05) is 11.4 Å². The van der Waals surface area contributed by atoms with Gasteiger partial charge in [0.25, 0.3) is 5.91 Å². The van der Waals surface area contributed by atoms with Crippen molar-refractivity contribution in [1.82, 2.24) is 5.32 Å². The van der Waals surface area contributed by atoms with E-state index in [9.17, 15) is 9.59 Å². The highest BCUT2D eigenvalue weighted by Crippen LogP contribution is 2.40. The molecule has 1 aliphatic rings. The summed E-state index contributed by atoms with van der Waals surface area (Å²) < 4.78 is 0. The molecule has 0 radical (unpaired) electrons. The minimum atomic E-state index is -0.610. The molecule has 2 rings (SSSR count). The molecule has 2 amide bonds. The van der Waals surface area contributed by atoms with Gasteiger partial charge in [0.2, 0.25) is 5.91 Å². The number of benzene rings is 1. The van der Waals surface area contributed by atoms with Crippen LogP contribution < -0.4 is 10.2 Å². The monoisotopic (exact) mass is 252 g/mol. The van der Waals surface area contributed by atoms with Crippen molar-refractivity contribution in [3.05, 3.63) is 28.8 Å². The molecule has 1 aromatic rings. The Bertz CT molecular complexity index is 487. The van der Waals surface area contributed by atoms with E-state index in [1.54, 1.807) is 17.0 Å². The van der Waals surface area contributed by atoms with Crippen molar-refractivity contribution in [3.63, 3.8) is 0 Å². The van der Waals surface area contributed by atoms with E-state index in [4.69, 9.17) is 11.6 Å². The average Bonchev–Trinajstić information content (AvgIpc) is 2.53. The van der Waals surface area contributed by atoms with Gasteiger partial charge in [-0.3, -0.25) is 9.59 Å². The standard InChI is InChI=1S/C12H13ClN2O2/c1-3-15-11-8(5-4-6-9(11)13)10(12(15)17)14-7(2)16/h4-6,10H,3H2,1-2H3,(H,14,16). The fourth-order valence-corrected chi connectivity index (χ4v) is 2.39. The highest BCUT2D eigenvalue weighted by molar-refractivity contribution is 6.34. The number of nitrogens with one attached hydrogen (secondary N) is 1. The maximum atomic E-state index is 12.1. The van der Waals surface area contributed by atoms with Gasteiger partial charge in [0.1, 0.15) is 6.04 Å². The first kappa shape index (κ1) is 11.9. The van der Waals surface area contributed by atoms with Crippen LogP contribution in [0.15, 0.2) is 18.2 Å². The first-order valence-corrected chi connectivity index (χ1v) is 5.81. The summed E-state index contributed by atoms with van der Waals surface area (Å²) in [5.74, 6) is -0.363. The Morgan fingerprint density at radius 2 is 2.24 bits per heavy atom. The van der Waals surface area contributed by atoms with Crippen molar-refractivity contribution in [2.45, 2.75) is 19.9 Å². The van der Waals surface area contributed by atoms with E-state index < -0.39 is 6.04 Å². The van der Waals surface area contributed by atoms with E-state index in [0.29, 0.717) is 17.3 Å². The van der Waals surface area contributed by atoms with Crippen molar-refractivity contribution < 1.29 is 9.59 Å². The van der Waals surface area contributed by atoms with Gasteiger partial charge in [0.05, 0.1) is 10.7 Å². The third-order valence-electron chi connectivity index (χ3n) is 2.78. The van der Waals surface area contributed by atoms with Gasteiger partial charge in [-0.1, -0.05) is 23.7 Å². The second kappa shape index (κ2) is 4.37. The summed E-state index contributed by atoms with van der Waals surface area (Å²) in [4.78, 5) is 24.8. The smallest absolute Gasteiger partial charge is 0.254 e. The van der Waals surface area contributed by atoms with Gasteiger partial charge in [0.15, 0.2) is 0 Å². The molecule has 0 saturated heterocycles. The zero-order valence-electron chi connectivity index (χ0n) is 9.66. The lowest BCUT2D eigenvalue weighted by atomic mass is 10.1. The molecule has 0 saturated carbocycles.